The van der Waals surface area contributed by atoms with Gasteiger partial charge in [-0.25, -0.2) is 18.4 Å². The summed E-state index contributed by atoms with van der Waals surface area (Å²) in [5.41, 5.74) is 0. The third-order valence-electron chi connectivity index (χ3n) is 4.70. The molecule has 132 valence electrons. The van der Waals surface area contributed by atoms with Crippen LogP contribution in [0.25, 0.3) is 0 Å². The highest BCUT2D eigenvalue weighted by Crippen LogP contribution is 2.41. The minimum atomic E-state index is -3.11. The van der Waals surface area contributed by atoms with E-state index in [9.17, 15) is 13.2 Å². The monoisotopic (exact) mass is 352 g/mol. The van der Waals surface area contributed by atoms with E-state index < -0.39 is 9.84 Å². The first kappa shape index (κ1) is 17.3. The summed E-state index contributed by atoms with van der Waals surface area (Å²) in [6.07, 6.45) is 7.10. The van der Waals surface area contributed by atoms with Crippen LogP contribution in [0.3, 0.4) is 0 Å². The Hall–Kier alpha value is -1.54. The van der Waals surface area contributed by atoms with Crippen molar-refractivity contribution in [2.45, 2.75) is 31.8 Å². The molecule has 2 fully saturated rings. The third kappa shape index (κ3) is 4.98. The fourth-order valence-electron chi connectivity index (χ4n) is 3.37. The van der Waals surface area contributed by atoms with Gasteiger partial charge in [0.1, 0.15) is 15.7 Å². The normalized spacial score (nSPS) is 24.9. The first-order valence-electron chi connectivity index (χ1n) is 8.36. The molecule has 1 saturated carbocycles. The summed E-state index contributed by atoms with van der Waals surface area (Å²) in [4.78, 5) is 22.9. The first-order chi connectivity index (χ1) is 11.4. The summed E-state index contributed by atoms with van der Waals surface area (Å²) < 4.78 is 22.4. The maximum atomic E-state index is 12.1. The Morgan fingerprint density at radius 3 is 2.62 bits per heavy atom. The molecule has 0 bridgehead atoms. The highest BCUT2D eigenvalue weighted by Gasteiger charge is 2.43. The summed E-state index contributed by atoms with van der Waals surface area (Å²) in [7, 11) is -3.11. The molecule has 1 aliphatic heterocycles. The van der Waals surface area contributed by atoms with E-state index in [2.05, 4.69) is 20.2 Å². The summed E-state index contributed by atoms with van der Waals surface area (Å²) in [5.74, 6) is 1.63. The number of carbonyl (C=O) groups excluding carboxylic acids is 1. The van der Waals surface area contributed by atoms with Gasteiger partial charge in [0.15, 0.2) is 0 Å². The second-order valence-electron chi connectivity index (χ2n) is 6.91. The second kappa shape index (κ2) is 7.14. The highest BCUT2D eigenvalue weighted by atomic mass is 32.2. The van der Waals surface area contributed by atoms with Crippen molar-refractivity contribution in [1.29, 1.82) is 0 Å². The maximum Gasteiger partial charge on any atom is 0.221 e. The molecular formula is C16H24N4O3S. The summed E-state index contributed by atoms with van der Waals surface area (Å²) in [6.45, 7) is 2.38. The van der Waals surface area contributed by atoms with Crippen LogP contribution >= 0.6 is 0 Å². The van der Waals surface area contributed by atoms with Crippen LogP contribution in [0.15, 0.2) is 18.5 Å². The second-order valence-corrected chi connectivity index (χ2v) is 9.17. The van der Waals surface area contributed by atoms with Crippen LogP contribution in [0.4, 0.5) is 0 Å². The molecule has 0 spiro atoms. The number of aromatic nitrogens is 2. The SMILES string of the molecule is CS(=O)(=O)CCC(=O)N[C@H]1CN(Cc2ncccn2)C[C@@H]1C1CC1. The molecule has 1 amide bonds. The Morgan fingerprint density at radius 2 is 2.00 bits per heavy atom. The number of likely N-dealkylation sites (tertiary alicyclic amines) is 1. The van der Waals surface area contributed by atoms with E-state index in [1.807, 2.05) is 0 Å². The van der Waals surface area contributed by atoms with E-state index in [0.29, 0.717) is 18.4 Å². The molecule has 24 heavy (non-hydrogen) atoms. The van der Waals surface area contributed by atoms with Crippen LogP contribution in [-0.4, -0.2) is 60.3 Å². The van der Waals surface area contributed by atoms with Gasteiger partial charge >= 0.3 is 0 Å². The summed E-state index contributed by atoms with van der Waals surface area (Å²) >= 11 is 0. The van der Waals surface area contributed by atoms with Crippen LogP contribution in [0.1, 0.15) is 25.1 Å². The molecule has 0 unspecified atom stereocenters. The molecule has 1 aromatic rings. The number of carbonyl (C=O) groups is 1. The minimum Gasteiger partial charge on any atom is -0.352 e. The molecule has 0 aromatic carbocycles. The molecule has 0 radical (unpaired) electrons. The van der Waals surface area contributed by atoms with Crippen molar-refractivity contribution in [1.82, 2.24) is 20.2 Å². The van der Waals surface area contributed by atoms with E-state index >= 15 is 0 Å². The summed E-state index contributed by atoms with van der Waals surface area (Å²) in [5, 5.41) is 3.05. The van der Waals surface area contributed by atoms with Gasteiger partial charge in [-0.3, -0.25) is 9.69 Å². The zero-order valence-corrected chi connectivity index (χ0v) is 14.7. The van der Waals surface area contributed by atoms with E-state index in [4.69, 9.17) is 0 Å². The van der Waals surface area contributed by atoms with Crippen molar-refractivity contribution in [3.05, 3.63) is 24.3 Å². The van der Waals surface area contributed by atoms with Crippen molar-refractivity contribution in [2.24, 2.45) is 11.8 Å². The van der Waals surface area contributed by atoms with Gasteiger partial charge in [-0.15, -0.1) is 0 Å². The largest absolute Gasteiger partial charge is 0.352 e. The lowest BCUT2D eigenvalue weighted by molar-refractivity contribution is -0.121. The van der Waals surface area contributed by atoms with Crippen LogP contribution in [0.5, 0.6) is 0 Å². The number of nitrogens with one attached hydrogen (secondary N) is 1. The lowest BCUT2D eigenvalue weighted by atomic mass is 9.98. The van der Waals surface area contributed by atoms with Gasteiger partial charge in [-0.1, -0.05) is 0 Å². The fraction of sp³-hybridized carbons (Fsp3) is 0.688. The molecule has 1 aromatic heterocycles. The Kier molecular flexibility index (Phi) is 5.15. The number of nitrogens with zero attached hydrogens (tertiary/aromatic N) is 3. The van der Waals surface area contributed by atoms with Gasteiger partial charge in [0.05, 0.1) is 12.3 Å². The average Bonchev–Trinajstić information content (AvgIpc) is 3.29. The maximum absolute atomic E-state index is 12.1. The molecule has 2 aliphatic rings. The molecule has 1 N–H and O–H groups in total. The van der Waals surface area contributed by atoms with Crippen LogP contribution < -0.4 is 5.32 Å². The number of amides is 1. The van der Waals surface area contributed by atoms with Crippen molar-refractivity contribution in [2.75, 3.05) is 25.1 Å². The van der Waals surface area contributed by atoms with Gasteiger partial charge in [0.2, 0.25) is 5.91 Å². The minimum absolute atomic E-state index is 0.0362. The topological polar surface area (TPSA) is 92.3 Å². The van der Waals surface area contributed by atoms with E-state index in [0.717, 1.165) is 25.2 Å². The zero-order chi connectivity index (χ0) is 17.2. The van der Waals surface area contributed by atoms with Crippen LogP contribution in [0.2, 0.25) is 0 Å². The highest BCUT2D eigenvalue weighted by molar-refractivity contribution is 7.90. The van der Waals surface area contributed by atoms with Crippen LogP contribution in [-0.2, 0) is 21.2 Å². The average molecular weight is 352 g/mol. The molecule has 7 nitrogen and oxygen atoms in total. The number of hydrogen-bond donors (Lipinski definition) is 1. The number of sulfone groups is 1. The predicted molar refractivity (Wildman–Crippen MR) is 89.8 cm³/mol. The third-order valence-corrected chi connectivity index (χ3v) is 5.64. The smallest absolute Gasteiger partial charge is 0.221 e. The van der Waals surface area contributed by atoms with Gasteiger partial charge in [-0.05, 0) is 30.7 Å². The Labute approximate surface area is 142 Å². The molecular weight excluding hydrogens is 328 g/mol. The van der Waals surface area contributed by atoms with Gasteiger partial charge < -0.3 is 5.32 Å². The van der Waals surface area contributed by atoms with E-state index in [-0.39, 0.29) is 24.1 Å². The molecule has 3 rings (SSSR count). The Balaban J connectivity index is 1.56. The number of rotatable bonds is 7. The van der Waals surface area contributed by atoms with Crippen molar-refractivity contribution in [3.8, 4) is 0 Å². The molecule has 1 saturated heterocycles. The fourth-order valence-corrected chi connectivity index (χ4v) is 3.92. The van der Waals surface area contributed by atoms with E-state index in [1.54, 1.807) is 18.5 Å². The quantitative estimate of drug-likeness (QED) is 0.756. The van der Waals surface area contributed by atoms with Crippen LogP contribution in [0, 0.1) is 11.8 Å². The molecule has 2 heterocycles. The standard InChI is InChI=1S/C16H24N4O3S/c1-24(22,23)8-5-16(21)19-14-10-20(9-13(14)12-3-4-12)11-15-17-6-2-7-18-15/h2,6-7,12-14H,3-5,8-11H2,1H3,(H,19,21)/t13-,14+/m1/s1. The Bertz CT molecular complexity index is 676. The zero-order valence-electron chi connectivity index (χ0n) is 13.9. The molecule has 2 atom stereocenters. The van der Waals surface area contributed by atoms with Crippen molar-refractivity contribution in [3.63, 3.8) is 0 Å². The number of hydrogen-bond acceptors (Lipinski definition) is 6. The van der Waals surface area contributed by atoms with Gasteiger partial charge in [0.25, 0.3) is 0 Å². The molecule has 1 aliphatic carbocycles. The summed E-state index contributed by atoms with van der Waals surface area (Å²) in [6, 6.07) is 1.89. The van der Waals surface area contributed by atoms with Crippen molar-refractivity contribution < 1.29 is 13.2 Å². The predicted octanol–water partition coefficient (Wildman–Crippen LogP) is 0.238. The molecule has 8 heteroatoms. The van der Waals surface area contributed by atoms with E-state index in [1.165, 1.54) is 12.8 Å². The van der Waals surface area contributed by atoms with Crippen molar-refractivity contribution >= 4 is 15.7 Å². The first-order valence-corrected chi connectivity index (χ1v) is 10.4. The lowest BCUT2D eigenvalue weighted by Crippen LogP contribution is -2.41. The Morgan fingerprint density at radius 1 is 1.29 bits per heavy atom. The lowest BCUT2D eigenvalue weighted by Gasteiger charge is -2.19. The van der Waals surface area contributed by atoms with Gasteiger partial charge in [0, 0.05) is 44.2 Å². The van der Waals surface area contributed by atoms with Gasteiger partial charge in [-0.2, -0.15) is 0 Å².